The van der Waals surface area contributed by atoms with Gasteiger partial charge in [-0.2, -0.15) is 0 Å². The van der Waals surface area contributed by atoms with Crippen molar-refractivity contribution in [3.8, 4) is 11.5 Å². The Morgan fingerprint density at radius 1 is 0.849 bits per heavy atom. The van der Waals surface area contributed by atoms with E-state index in [2.05, 4.69) is 20.3 Å². The van der Waals surface area contributed by atoms with Crippen molar-refractivity contribution in [2.75, 3.05) is 26.1 Å². The molecular formula is C38H35FN5O8P. The highest BCUT2D eigenvalue weighted by atomic mass is 31.2. The third kappa shape index (κ3) is 6.90. The van der Waals surface area contributed by atoms with E-state index in [4.69, 9.17) is 18.9 Å². The molecule has 0 bridgehead atoms. The number of benzene rings is 4. The molecular weight excluding hydrogens is 704 g/mol. The van der Waals surface area contributed by atoms with Crippen LogP contribution in [0, 0.1) is 0 Å². The molecule has 3 heterocycles. The molecule has 13 nitrogen and oxygen atoms in total. The van der Waals surface area contributed by atoms with Gasteiger partial charge in [-0.25, -0.2) is 19.3 Å². The molecule has 1 aliphatic rings. The number of ether oxygens (including phenoxy) is 4. The van der Waals surface area contributed by atoms with E-state index in [-0.39, 0.29) is 17.0 Å². The van der Waals surface area contributed by atoms with Crippen LogP contribution in [-0.4, -0.2) is 74.0 Å². The summed E-state index contributed by atoms with van der Waals surface area (Å²) in [5.74, 6) is 0.818. The number of aromatic nitrogens is 4. The lowest BCUT2D eigenvalue weighted by Crippen LogP contribution is -2.38. The number of nitrogens with one attached hydrogen (secondary N) is 1. The smallest absolute Gasteiger partial charge is 0.336 e. The van der Waals surface area contributed by atoms with Crippen molar-refractivity contribution in [2.45, 2.75) is 29.8 Å². The quantitative estimate of drug-likeness (QED) is 0.101. The number of nitrogens with zero attached hydrogens (tertiary/aromatic N) is 4. The van der Waals surface area contributed by atoms with Gasteiger partial charge < -0.3 is 34.1 Å². The predicted octanol–water partition coefficient (Wildman–Crippen LogP) is 5.89. The molecule has 0 radical (unpaired) electrons. The summed E-state index contributed by atoms with van der Waals surface area (Å²) in [7, 11) is -2.04. The molecule has 6 aromatic rings. The normalized spacial score (nSPS) is 18.9. The number of amides is 1. The van der Waals surface area contributed by atoms with Crippen LogP contribution in [0.2, 0.25) is 0 Å². The molecule has 53 heavy (non-hydrogen) atoms. The molecule has 0 unspecified atom stereocenters. The number of methoxy groups -OCH3 is 2. The topological polar surface area (TPSA) is 167 Å². The lowest BCUT2D eigenvalue weighted by Gasteiger charge is -2.37. The highest BCUT2D eigenvalue weighted by Crippen LogP contribution is 2.55. The van der Waals surface area contributed by atoms with Crippen molar-refractivity contribution in [1.82, 2.24) is 19.5 Å². The minimum Gasteiger partial charge on any atom is -0.497 e. The van der Waals surface area contributed by atoms with Gasteiger partial charge in [0.2, 0.25) is 0 Å². The molecule has 272 valence electrons. The van der Waals surface area contributed by atoms with Crippen molar-refractivity contribution in [3.63, 3.8) is 0 Å². The summed E-state index contributed by atoms with van der Waals surface area (Å²) >= 11 is 0. The molecule has 15 heteroatoms. The van der Waals surface area contributed by atoms with Gasteiger partial charge in [0.05, 0.1) is 27.2 Å². The molecule has 1 amide bonds. The summed E-state index contributed by atoms with van der Waals surface area (Å²) in [4.78, 5) is 46.7. The zero-order valence-corrected chi connectivity index (χ0v) is 29.4. The van der Waals surface area contributed by atoms with Crippen LogP contribution >= 0.6 is 7.60 Å². The fourth-order valence-corrected chi connectivity index (χ4v) is 7.71. The Bertz CT molecular complexity index is 2190. The van der Waals surface area contributed by atoms with Gasteiger partial charge in [0.15, 0.2) is 23.2 Å². The van der Waals surface area contributed by atoms with E-state index in [0.29, 0.717) is 33.8 Å². The highest BCUT2D eigenvalue weighted by Gasteiger charge is 2.56. The SMILES string of the molecule is COc1ccc(C(OC[C@H]2O[C@@H](n3cnc4c(NC(=O)c5ccccc5)ncnc43)[C@H](P(=O)(O)O)[C@@H]2F)(c2ccccc2)c2ccc(OC)cc2)cc1. The van der Waals surface area contributed by atoms with Crippen LogP contribution in [0.4, 0.5) is 10.2 Å². The van der Waals surface area contributed by atoms with Gasteiger partial charge in [-0.1, -0.05) is 72.8 Å². The van der Waals surface area contributed by atoms with Gasteiger partial charge in [-0.05, 0) is 53.1 Å². The third-order valence-electron chi connectivity index (χ3n) is 9.21. The molecule has 7 rings (SSSR count). The van der Waals surface area contributed by atoms with Gasteiger partial charge in [0.25, 0.3) is 5.91 Å². The van der Waals surface area contributed by atoms with Gasteiger partial charge in [0, 0.05) is 5.56 Å². The highest BCUT2D eigenvalue weighted by molar-refractivity contribution is 7.52. The minimum atomic E-state index is -5.16. The number of anilines is 1. The standard InChI is InChI=1S/C38H35FN5O8P/c1-49-28-17-13-26(14-18-28)38(25-11-7-4-8-12-25,27-15-19-29(50-2)20-16-27)51-21-30-31(39)33(53(46,47)48)37(52-30)44-23-42-32-34(40-22-41-35(32)44)43-36(45)24-9-5-3-6-10-24/h3-20,22-23,30-31,33,37H,21H2,1-2H3,(H2,46,47,48)(H,40,41,43,45)/t30-,31-,33-,37-/m1/s1. The van der Waals surface area contributed by atoms with Crippen LogP contribution < -0.4 is 14.8 Å². The average molecular weight is 740 g/mol. The van der Waals surface area contributed by atoms with Crippen LogP contribution in [0.15, 0.2) is 122 Å². The Hall–Kier alpha value is -5.50. The Morgan fingerprint density at radius 2 is 1.42 bits per heavy atom. The van der Waals surface area contributed by atoms with E-state index in [1.165, 1.54) is 10.9 Å². The fraction of sp³-hybridized carbons (Fsp3) is 0.211. The monoisotopic (exact) mass is 739 g/mol. The first kappa shape index (κ1) is 35.9. The van der Waals surface area contributed by atoms with Gasteiger partial charge in [-0.3, -0.25) is 13.9 Å². The number of halogens is 1. The zero-order chi connectivity index (χ0) is 37.2. The van der Waals surface area contributed by atoms with Gasteiger partial charge >= 0.3 is 7.60 Å². The number of carbonyl (C=O) groups excluding carboxylic acids is 1. The predicted molar refractivity (Wildman–Crippen MR) is 193 cm³/mol. The Labute approximate surface area is 303 Å². The second-order valence-electron chi connectivity index (χ2n) is 12.3. The van der Waals surface area contributed by atoms with Crippen molar-refractivity contribution < 1.29 is 42.5 Å². The van der Waals surface area contributed by atoms with E-state index in [1.807, 2.05) is 54.6 Å². The van der Waals surface area contributed by atoms with Crippen LogP contribution in [0.3, 0.4) is 0 Å². The van der Waals surface area contributed by atoms with E-state index in [9.17, 15) is 19.1 Å². The van der Waals surface area contributed by atoms with Crippen LogP contribution in [0.25, 0.3) is 11.2 Å². The van der Waals surface area contributed by atoms with Gasteiger partial charge in [-0.15, -0.1) is 0 Å². The van der Waals surface area contributed by atoms with E-state index in [1.54, 1.807) is 68.8 Å². The first-order valence-electron chi connectivity index (χ1n) is 16.5. The molecule has 1 aliphatic heterocycles. The summed E-state index contributed by atoms with van der Waals surface area (Å²) in [6.45, 7) is -0.429. The fourth-order valence-electron chi connectivity index (χ4n) is 6.61. The number of carbonyl (C=O) groups is 1. The molecule has 4 aromatic carbocycles. The van der Waals surface area contributed by atoms with E-state index in [0.717, 1.165) is 6.33 Å². The molecule has 3 N–H and O–H groups in total. The van der Waals surface area contributed by atoms with Crippen molar-refractivity contribution in [1.29, 1.82) is 0 Å². The number of rotatable bonds is 12. The summed E-state index contributed by atoms with van der Waals surface area (Å²) < 4.78 is 54.6. The molecule has 1 saturated heterocycles. The minimum absolute atomic E-state index is 0.0524. The second-order valence-corrected chi connectivity index (χ2v) is 14.0. The van der Waals surface area contributed by atoms with Crippen LogP contribution in [-0.2, 0) is 19.6 Å². The second kappa shape index (κ2) is 14.9. The lowest BCUT2D eigenvalue weighted by molar-refractivity contribution is -0.0853. The maximum atomic E-state index is 16.6. The molecule has 2 aromatic heterocycles. The van der Waals surface area contributed by atoms with Crippen LogP contribution in [0.5, 0.6) is 11.5 Å². The van der Waals surface area contributed by atoms with E-state index < -0.39 is 49.9 Å². The molecule has 1 fully saturated rings. The Balaban J connectivity index is 1.25. The number of hydrogen-bond donors (Lipinski definition) is 3. The third-order valence-corrected chi connectivity index (χ3v) is 10.5. The van der Waals surface area contributed by atoms with Gasteiger partial charge in [0.1, 0.15) is 41.4 Å². The van der Waals surface area contributed by atoms with Crippen molar-refractivity contribution in [3.05, 3.63) is 144 Å². The first-order chi connectivity index (χ1) is 25.6. The summed E-state index contributed by atoms with van der Waals surface area (Å²) in [5.41, 5.74) is -0.689. The Kier molecular flexibility index (Phi) is 10.1. The van der Waals surface area contributed by atoms with Crippen LogP contribution in [0.1, 0.15) is 33.3 Å². The number of imidazole rings is 1. The first-order valence-corrected chi connectivity index (χ1v) is 18.2. The average Bonchev–Trinajstić information content (AvgIpc) is 3.77. The Morgan fingerprint density at radius 3 is 1.98 bits per heavy atom. The summed E-state index contributed by atoms with van der Waals surface area (Å²) in [6.07, 6.45) is -2.80. The summed E-state index contributed by atoms with van der Waals surface area (Å²) in [5, 5.41) is 2.69. The zero-order valence-electron chi connectivity index (χ0n) is 28.5. The maximum absolute atomic E-state index is 16.6. The molecule has 0 saturated carbocycles. The molecule has 4 atom stereocenters. The number of fused-ring (bicyclic) bond motifs is 1. The number of alkyl halides is 1. The molecule has 0 spiro atoms. The van der Waals surface area contributed by atoms with Crippen molar-refractivity contribution in [2.24, 2.45) is 0 Å². The molecule has 0 aliphatic carbocycles. The largest absolute Gasteiger partial charge is 0.497 e. The number of hydrogen-bond acceptors (Lipinski definition) is 9. The van der Waals surface area contributed by atoms with Crippen molar-refractivity contribution >= 4 is 30.5 Å². The maximum Gasteiger partial charge on any atom is 0.336 e. The summed E-state index contributed by atoms with van der Waals surface area (Å²) in [6, 6.07) is 32.3. The lowest BCUT2D eigenvalue weighted by atomic mass is 9.80. The van der Waals surface area contributed by atoms with E-state index >= 15 is 4.39 Å².